The van der Waals surface area contributed by atoms with E-state index < -0.39 is 17.8 Å². The van der Waals surface area contributed by atoms with E-state index in [1.807, 2.05) is 0 Å². The summed E-state index contributed by atoms with van der Waals surface area (Å²) in [7, 11) is 0. The Hall–Kier alpha value is -1.91. The van der Waals surface area contributed by atoms with Crippen molar-refractivity contribution >= 4 is 17.6 Å². The number of carboxylic acids is 1. The summed E-state index contributed by atoms with van der Waals surface area (Å²) in [6, 6.07) is 4.41. The second kappa shape index (κ2) is 4.33. The molecule has 2 atom stereocenters. The Balaban J connectivity index is 1.84. The molecule has 1 N–H and O–H groups in total. The molecule has 0 aromatic heterocycles. The molecule has 5 heteroatoms. The molecule has 1 aliphatic heterocycles. The van der Waals surface area contributed by atoms with E-state index in [0.717, 1.165) is 24.1 Å². The lowest BCUT2D eigenvalue weighted by molar-refractivity contribution is -0.140. The number of aliphatic carboxylic acids is 1. The average Bonchev–Trinajstić information content (AvgIpc) is 3.17. The number of anilines is 1. The van der Waals surface area contributed by atoms with E-state index in [4.69, 9.17) is 5.11 Å². The molecule has 1 aliphatic carbocycles. The van der Waals surface area contributed by atoms with E-state index >= 15 is 0 Å². The Kier molecular flexibility index (Phi) is 2.77. The Morgan fingerprint density at radius 3 is 2.79 bits per heavy atom. The van der Waals surface area contributed by atoms with Crippen LogP contribution in [-0.2, 0) is 16.0 Å². The number of hydrogen-bond acceptors (Lipinski definition) is 2. The molecule has 100 valence electrons. The van der Waals surface area contributed by atoms with Gasteiger partial charge in [0.2, 0.25) is 5.91 Å². The maximum atomic E-state index is 13.2. The molecule has 1 aromatic rings. The Morgan fingerprint density at radius 1 is 1.32 bits per heavy atom. The summed E-state index contributed by atoms with van der Waals surface area (Å²) in [5, 5.41) is 8.88. The van der Waals surface area contributed by atoms with Gasteiger partial charge in [-0.1, -0.05) is 0 Å². The second-order valence-electron chi connectivity index (χ2n) is 5.15. The van der Waals surface area contributed by atoms with Gasteiger partial charge in [-0.25, -0.2) is 4.39 Å². The molecule has 3 rings (SSSR count). The number of nitrogens with zero attached hydrogens (tertiary/aromatic N) is 1. The van der Waals surface area contributed by atoms with Crippen LogP contribution in [-0.4, -0.2) is 23.5 Å². The second-order valence-corrected chi connectivity index (χ2v) is 5.15. The zero-order valence-electron chi connectivity index (χ0n) is 10.3. The van der Waals surface area contributed by atoms with E-state index in [1.54, 1.807) is 11.0 Å². The SMILES string of the molecule is O=C(O)C1CC1C(=O)N1CCCc2cc(F)ccc21. The number of benzene rings is 1. The highest BCUT2D eigenvalue weighted by atomic mass is 19.1. The lowest BCUT2D eigenvalue weighted by atomic mass is 10.0. The van der Waals surface area contributed by atoms with Crippen LogP contribution in [0.3, 0.4) is 0 Å². The molecule has 2 aliphatic rings. The highest BCUT2D eigenvalue weighted by molar-refractivity contribution is 6.00. The van der Waals surface area contributed by atoms with Crippen LogP contribution in [0.2, 0.25) is 0 Å². The summed E-state index contributed by atoms with van der Waals surface area (Å²) in [5.41, 5.74) is 1.56. The van der Waals surface area contributed by atoms with Gasteiger partial charge in [0.1, 0.15) is 5.82 Å². The van der Waals surface area contributed by atoms with Crippen molar-refractivity contribution in [3.63, 3.8) is 0 Å². The van der Waals surface area contributed by atoms with Crippen LogP contribution in [0.1, 0.15) is 18.4 Å². The van der Waals surface area contributed by atoms with Crippen LogP contribution in [0, 0.1) is 17.7 Å². The van der Waals surface area contributed by atoms with Gasteiger partial charge >= 0.3 is 5.97 Å². The first-order valence-corrected chi connectivity index (χ1v) is 6.40. The molecule has 0 saturated heterocycles. The number of fused-ring (bicyclic) bond motifs is 1. The number of rotatable bonds is 2. The van der Waals surface area contributed by atoms with Gasteiger partial charge in [-0.05, 0) is 43.0 Å². The standard InChI is InChI=1S/C14H14FNO3/c15-9-3-4-12-8(6-9)2-1-5-16(12)13(17)10-7-11(10)14(18)19/h3-4,6,10-11H,1-2,5,7H2,(H,18,19). The summed E-state index contributed by atoms with van der Waals surface area (Å²) < 4.78 is 13.2. The number of carbonyl (C=O) groups excluding carboxylic acids is 1. The van der Waals surface area contributed by atoms with Crippen molar-refractivity contribution in [3.8, 4) is 0 Å². The number of halogens is 1. The third-order valence-corrected chi connectivity index (χ3v) is 3.85. The molecule has 1 amide bonds. The molecule has 1 aromatic carbocycles. The quantitative estimate of drug-likeness (QED) is 0.885. The molecular weight excluding hydrogens is 249 g/mol. The Morgan fingerprint density at radius 2 is 2.11 bits per heavy atom. The van der Waals surface area contributed by atoms with Gasteiger partial charge in [-0.3, -0.25) is 9.59 Å². The summed E-state index contributed by atoms with van der Waals surface area (Å²) in [6.07, 6.45) is 1.96. The molecule has 0 bridgehead atoms. The highest BCUT2D eigenvalue weighted by Gasteiger charge is 2.50. The van der Waals surface area contributed by atoms with Crippen LogP contribution in [0.25, 0.3) is 0 Å². The minimum Gasteiger partial charge on any atom is -0.481 e. The van der Waals surface area contributed by atoms with Crippen LogP contribution in [0.4, 0.5) is 10.1 Å². The number of amides is 1. The number of aryl methyl sites for hydroxylation is 1. The fourth-order valence-electron chi connectivity index (χ4n) is 2.74. The topological polar surface area (TPSA) is 57.6 Å². The summed E-state index contributed by atoms with van der Waals surface area (Å²) in [4.78, 5) is 24.7. The average molecular weight is 263 g/mol. The number of carbonyl (C=O) groups is 2. The number of carboxylic acid groups (broad SMARTS) is 1. The maximum Gasteiger partial charge on any atom is 0.307 e. The van der Waals surface area contributed by atoms with Crippen molar-refractivity contribution in [2.75, 3.05) is 11.4 Å². The molecule has 4 nitrogen and oxygen atoms in total. The van der Waals surface area contributed by atoms with Gasteiger partial charge in [0.05, 0.1) is 11.8 Å². The van der Waals surface area contributed by atoms with Crippen molar-refractivity contribution in [3.05, 3.63) is 29.6 Å². The molecule has 0 radical (unpaired) electrons. The van der Waals surface area contributed by atoms with Crippen molar-refractivity contribution < 1.29 is 19.1 Å². The summed E-state index contributed by atoms with van der Waals surface area (Å²) in [5.74, 6) is -2.30. The molecule has 2 unspecified atom stereocenters. The normalized spacial score (nSPS) is 24.8. The van der Waals surface area contributed by atoms with E-state index in [2.05, 4.69) is 0 Å². The molecule has 0 spiro atoms. The predicted molar refractivity (Wildman–Crippen MR) is 66.3 cm³/mol. The first-order chi connectivity index (χ1) is 9.08. The molecule has 1 saturated carbocycles. The molecule has 1 heterocycles. The molecule has 1 fully saturated rings. The Labute approximate surface area is 109 Å². The third-order valence-electron chi connectivity index (χ3n) is 3.85. The maximum absolute atomic E-state index is 13.2. The van der Waals surface area contributed by atoms with Crippen LogP contribution >= 0.6 is 0 Å². The van der Waals surface area contributed by atoms with Crippen molar-refractivity contribution in [2.24, 2.45) is 11.8 Å². The van der Waals surface area contributed by atoms with Crippen molar-refractivity contribution in [1.29, 1.82) is 0 Å². The minimum absolute atomic E-state index is 0.139. The van der Waals surface area contributed by atoms with Gasteiger partial charge in [0.15, 0.2) is 0 Å². The van der Waals surface area contributed by atoms with Gasteiger partial charge in [-0.15, -0.1) is 0 Å². The fraction of sp³-hybridized carbons (Fsp3) is 0.429. The smallest absolute Gasteiger partial charge is 0.307 e. The van der Waals surface area contributed by atoms with E-state index in [9.17, 15) is 14.0 Å². The van der Waals surface area contributed by atoms with Gasteiger partial charge < -0.3 is 10.0 Å². The van der Waals surface area contributed by atoms with Crippen LogP contribution < -0.4 is 4.90 Å². The van der Waals surface area contributed by atoms with E-state index in [-0.39, 0.29) is 11.7 Å². The number of hydrogen-bond donors (Lipinski definition) is 1. The first kappa shape index (κ1) is 12.1. The van der Waals surface area contributed by atoms with Crippen LogP contribution in [0.15, 0.2) is 18.2 Å². The van der Waals surface area contributed by atoms with Crippen LogP contribution in [0.5, 0.6) is 0 Å². The summed E-state index contributed by atoms with van der Waals surface area (Å²) >= 11 is 0. The molecular formula is C14H14FNO3. The van der Waals surface area contributed by atoms with Gasteiger partial charge in [0.25, 0.3) is 0 Å². The van der Waals surface area contributed by atoms with Gasteiger partial charge in [-0.2, -0.15) is 0 Å². The largest absolute Gasteiger partial charge is 0.481 e. The van der Waals surface area contributed by atoms with Crippen molar-refractivity contribution in [1.82, 2.24) is 0 Å². The van der Waals surface area contributed by atoms with E-state index in [1.165, 1.54) is 12.1 Å². The first-order valence-electron chi connectivity index (χ1n) is 6.40. The third kappa shape index (κ3) is 2.09. The monoisotopic (exact) mass is 263 g/mol. The lowest BCUT2D eigenvalue weighted by Crippen LogP contribution is -2.37. The molecule has 19 heavy (non-hydrogen) atoms. The predicted octanol–water partition coefficient (Wildman–Crippen LogP) is 1.83. The Bertz CT molecular complexity index is 558. The van der Waals surface area contributed by atoms with Gasteiger partial charge in [0, 0.05) is 12.2 Å². The minimum atomic E-state index is -0.908. The van der Waals surface area contributed by atoms with Crippen molar-refractivity contribution in [2.45, 2.75) is 19.3 Å². The summed E-state index contributed by atoms with van der Waals surface area (Å²) in [6.45, 7) is 0.584. The zero-order valence-corrected chi connectivity index (χ0v) is 10.3. The lowest BCUT2D eigenvalue weighted by Gasteiger charge is -2.29. The zero-order chi connectivity index (χ0) is 13.6. The van der Waals surface area contributed by atoms with E-state index in [0.29, 0.717) is 13.0 Å². The highest BCUT2D eigenvalue weighted by Crippen LogP contribution is 2.42. The fourth-order valence-corrected chi connectivity index (χ4v) is 2.74.